The van der Waals surface area contributed by atoms with E-state index in [0.717, 1.165) is 28.6 Å². The summed E-state index contributed by atoms with van der Waals surface area (Å²) < 4.78 is 5.92. The molecule has 0 aliphatic heterocycles. The highest BCUT2D eigenvalue weighted by Gasteiger charge is 2.37. The average molecular weight is 302 g/mol. The third-order valence-electron chi connectivity index (χ3n) is 3.70. The van der Waals surface area contributed by atoms with Gasteiger partial charge in [-0.25, -0.2) is 0 Å². The van der Waals surface area contributed by atoms with Crippen molar-refractivity contribution in [1.29, 1.82) is 0 Å². The lowest BCUT2D eigenvalue weighted by molar-refractivity contribution is 0.0211. The predicted molar refractivity (Wildman–Crippen MR) is 81.2 cm³/mol. The molecule has 1 N–H and O–H groups in total. The molecule has 2 unspecified atom stereocenters. The van der Waals surface area contributed by atoms with Gasteiger partial charge in [0, 0.05) is 22.7 Å². The molecule has 1 fully saturated rings. The van der Waals surface area contributed by atoms with Crippen molar-refractivity contribution in [3.8, 4) is 0 Å². The van der Waals surface area contributed by atoms with E-state index in [2.05, 4.69) is 5.32 Å². The van der Waals surface area contributed by atoms with Crippen LogP contribution in [0.5, 0.6) is 0 Å². The van der Waals surface area contributed by atoms with Crippen molar-refractivity contribution >= 4 is 23.2 Å². The number of likely N-dealkylation sites (N-methyl/N-ethyl adjacent to an activating group) is 1. The molecular weight excluding hydrogens is 281 g/mol. The van der Waals surface area contributed by atoms with Gasteiger partial charge in [0.05, 0.1) is 6.10 Å². The fraction of sp³-hybridized carbons (Fsp3) is 0.600. The predicted octanol–water partition coefficient (Wildman–Crippen LogP) is 3.94. The third-order valence-corrected chi connectivity index (χ3v) is 4.41. The SMILES string of the molecule is CCOC(C1CC1)C(Cc1c(Cl)cccc1Cl)NC. The van der Waals surface area contributed by atoms with Gasteiger partial charge < -0.3 is 10.1 Å². The zero-order chi connectivity index (χ0) is 13.8. The van der Waals surface area contributed by atoms with Gasteiger partial charge in [0.15, 0.2) is 0 Å². The molecule has 106 valence electrons. The van der Waals surface area contributed by atoms with Gasteiger partial charge in [0.1, 0.15) is 0 Å². The van der Waals surface area contributed by atoms with E-state index in [-0.39, 0.29) is 12.1 Å². The Morgan fingerprint density at radius 2 is 1.95 bits per heavy atom. The van der Waals surface area contributed by atoms with Crippen molar-refractivity contribution in [1.82, 2.24) is 5.32 Å². The number of benzene rings is 1. The van der Waals surface area contributed by atoms with Crippen molar-refractivity contribution in [2.45, 2.75) is 38.3 Å². The normalized spacial score (nSPS) is 18.3. The van der Waals surface area contributed by atoms with Crippen LogP contribution in [0.1, 0.15) is 25.3 Å². The van der Waals surface area contributed by atoms with Crippen molar-refractivity contribution in [3.05, 3.63) is 33.8 Å². The standard InChI is InChI=1S/C15H21Cl2NO/c1-3-19-15(10-7-8-10)14(18-2)9-11-12(16)5-4-6-13(11)17/h4-6,10,14-15,18H,3,7-9H2,1-2H3. The highest BCUT2D eigenvalue weighted by molar-refractivity contribution is 6.36. The average Bonchev–Trinajstić information content (AvgIpc) is 3.21. The van der Waals surface area contributed by atoms with Gasteiger partial charge in [-0.3, -0.25) is 0 Å². The van der Waals surface area contributed by atoms with Crippen LogP contribution in [0, 0.1) is 5.92 Å². The lowest BCUT2D eigenvalue weighted by Gasteiger charge is -2.27. The first-order valence-corrected chi connectivity index (χ1v) is 7.64. The number of ether oxygens (including phenoxy) is 1. The molecule has 0 radical (unpaired) electrons. The van der Waals surface area contributed by atoms with Crippen molar-refractivity contribution in [3.63, 3.8) is 0 Å². The van der Waals surface area contributed by atoms with Crippen LogP contribution >= 0.6 is 23.2 Å². The summed E-state index contributed by atoms with van der Waals surface area (Å²) in [7, 11) is 1.98. The minimum atomic E-state index is 0.252. The maximum Gasteiger partial charge on any atom is 0.0759 e. The van der Waals surface area contributed by atoms with Crippen LogP contribution in [0.3, 0.4) is 0 Å². The van der Waals surface area contributed by atoms with Gasteiger partial charge >= 0.3 is 0 Å². The van der Waals surface area contributed by atoms with Crippen LogP contribution < -0.4 is 5.32 Å². The largest absolute Gasteiger partial charge is 0.377 e. The first-order chi connectivity index (χ1) is 9.17. The Labute approximate surface area is 125 Å². The van der Waals surface area contributed by atoms with E-state index < -0.39 is 0 Å². The summed E-state index contributed by atoms with van der Waals surface area (Å²) in [6.45, 7) is 2.79. The van der Waals surface area contributed by atoms with E-state index in [1.165, 1.54) is 12.8 Å². The van der Waals surface area contributed by atoms with Gasteiger partial charge in [-0.15, -0.1) is 0 Å². The molecular formula is C15H21Cl2NO. The van der Waals surface area contributed by atoms with Gasteiger partial charge in [-0.2, -0.15) is 0 Å². The summed E-state index contributed by atoms with van der Waals surface area (Å²) >= 11 is 12.5. The molecule has 1 aliphatic rings. The van der Waals surface area contributed by atoms with E-state index in [0.29, 0.717) is 5.92 Å². The van der Waals surface area contributed by atoms with Crippen LogP contribution in [0.25, 0.3) is 0 Å². The summed E-state index contributed by atoms with van der Waals surface area (Å²) in [5.74, 6) is 0.679. The molecule has 19 heavy (non-hydrogen) atoms. The van der Waals surface area contributed by atoms with Gasteiger partial charge in [0.25, 0.3) is 0 Å². The van der Waals surface area contributed by atoms with Crippen molar-refractivity contribution in [2.75, 3.05) is 13.7 Å². The molecule has 1 saturated carbocycles. The molecule has 1 aromatic carbocycles. The minimum Gasteiger partial charge on any atom is -0.377 e. The Bertz CT molecular complexity index is 400. The van der Waals surface area contributed by atoms with Crippen LogP contribution in [-0.2, 0) is 11.2 Å². The summed E-state index contributed by atoms with van der Waals surface area (Å²) in [4.78, 5) is 0. The van der Waals surface area contributed by atoms with Gasteiger partial charge in [-0.1, -0.05) is 29.3 Å². The number of nitrogens with one attached hydrogen (secondary N) is 1. The monoisotopic (exact) mass is 301 g/mol. The molecule has 2 atom stereocenters. The molecule has 0 bridgehead atoms. The second-order valence-corrected chi connectivity index (χ2v) is 5.87. The Balaban J connectivity index is 2.13. The van der Waals surface area contributed by atoms with Crippen LogP contribution in [0.15, 0.2) is 18.2 Å². The highest BCUT2D eigenvalue weighted by atomic mass is 35.5. The number of rotatable bonds is 7. The van der Waals surface area contributed by atoms with Crippen LogP contribution in [-0.4, -0.2) is 25.8 Å². The fourth-order valence-corrected chi connectivity index (χ4v) is 3.08. The summed E-state index contributed by atoms with van der Waals surface area (Å²) in [6.07, 6.45) is 3.58. The van der Waals surface area contributed by atoms with Crippen molar-refractivity contribution < 1.29 is 4.74 Å². The topological polar surface area (TPSA) is 21.3 Å². The lowest BCUT2D eigenvalue weighted by atomic mass is 9.98. The maximum atomic E-state index is 6.25. The molecule has 0 amide bonds. The van der Waals surface area contributed by atoms with E-state index in [4.69, 9.17) is 27.9 Å². The Kier molecular flexibility index (Phi) is 5.52. The van der Waals surface area contributed by atoms with E-state index in [1.54, 1.807) is 0 Å². The van der Waals surface area contributed by atoms with Crippen LogP contribution in [0.2, 0.25) is 10.0 Å². The first-order valence-electron chi connectivity index (χ1n) is 6.89. The molecule has 1 aliphatic carbocycles. The smallest absolute Gasteiger partial charge is 0.0759 e. The molecule has 0 aromatic heterocycles. The summed E-state index contributed by atoms with van der Waals surface area (Å²) in [5, 5.41) is 4.84. The van der Waals surface area contributed by atoms with Crippen molar-refractivity contribution in [2.24, 2.45) is 5.92 Å². The van der Waals surface area contributed by atoms with E-state index in [1.807, 2.05) is 32.2 Å². The lowest BCUT2D eigenvalue weighted by Crippen LogP contribution is -2.42. The second kappa shape index (κ2) is 6.94. The van der Waals surface area contributed by atoms with E-state index in [9.17, 15) is 0 Å². The second-order valence-electron chi connectivity index (χ2n) is 5.06. The quantitative estimate of drug-likeness (QED) is 0.824. The minimum absolute atomic E-state index is 0.252. The summed E-state index contributed by atoms with van der Waals surface area (Å²) in [6, 6.07) is 5.92. The Hall–Kier alpha value is -0.280. The number of hydrogen-bond acceptors (Lipinski definition) is 2. The molecule has 2 rings (SSSR count). The third kappa shape index (κ3) is 3.85. The Morgan fingerprint density at radius 3 is 2.42 bits per heavy atom. The molecule has 4 heteroatoms. The number of hydrogen-bond donors (Lipinski definition) is 1. The maximum absolute atomic E-state index is 6.25. The Morgan fingerprint density at radius 1 is 1.32 bits per heavy atom. The molecule has 0 saturated heterocycles. The molecule has 0 heterocycles. The molecule has 0 spiro atoms. The zero-order valence-electron chi connectivity index (χ0n) is 11.5. The number of halogens is 2. The zero-order valence-corrected chi connectivity index (χ0v) is 13.0. The molecule has 2 nitrogen and oxygen atoms in total. The summed E-state index contributed by atoms with van der Waals surface area (Å²) in [5.41, 5.74) is 1.01. The van der Waals surface area contributed by atoms with E-state index >= 15 is 0 Å². The highest BCUT2D eigenvalue weighted by Crippen LogP contribution is 2.37. The van der Waals surface area contributed by atoms with Gasteiger partial charge in [-0.05, 0) is 56.8 Å². The fourth-order valence-electron chi connectivity index (χ4n) is 2.53. The van der Waals surface area contributed by atoms with Gasteiger partial charge in [0.2, 0.25) is 0 Å². The van der Waals surface area contributed by atoms with Crippen LogP contribution in [0.4, 0.5) is 0 Å². The first kappa shape index (κ1) is 15.1. The molecule has 1 aromatic rings.